The molecule has 1 aromatic carbocycles. The molecule has 2 amide bonds. The molecule has 1 unspecified atom stereocenters. The van der Waals surface area contributed by atoms with E-state index in [4.69, 9.17) is 0 Å². The van der Waals surface area contributed by atoms with Gasteiger partial charge in [0, 0.05) is 25.0 Å². The predicted octanol–water partition coefficient (Wildman–Crippen LogP) is 3.25. The van der Waals surface area contributed by atoms with Crippen LogP contribution >= 0.6 is 0 Å². The molecule has 0 bridgehead atoms. The predicted molar refractivity (Wildman–Crippen MR) is 94.0 cm³/mol. The molecule has 0 radical (unpaired) electrons. The number of nitrogens with one attached hydrogen (secondary N) is 1. The van der Waals surface area contributed by atoms with Crippen LogP contribution < -0.4 is 5.32 Å². The third-order valence-corrected chi connectivity index (χ3v) is 5.59. The van der Waals surface area contributed by atoms with Gasteiger partial charge in [0.15, 0.2) is 0 Å². The third-order valence-electron chi connectivity index (χ3n) is 5.59. The van der Waals surface area contributed by atoms with Crippen molar-refractivity contribution in [3.8, 4) is 0 Å². The van der Waals surface area contributed by atoms with E-state index in [1.807, 2.05) is 18.2 Å². The van der Waals surface area contributed by atoms with Gasteiger partial charge >= 0.3 is 12.0 Å². The van der Waals surface area contributed by atoms with E-state index < -0.39 is 11.4 Å². The van der Waals surface area contributed by atoms with Crippen LogP contribution in [-0.2, 0) is 10.2 Å². The number of carboxylic acids is 1. The molecule has 1 fully saturated rings. The highest BCUT2D eigenvalue weighted by Crippen LogP contribution is 2.32. The molecule has 24 heavy (non-hydrogen) atoms. The molecule has 2 rings (SSSR count). The topological polar surface area (TPSA) is 69.6 Å². The number of carbonyl (C=O) groups excluding carboxylic acids is 1. The number of carbonyl (C=O) groups is 2. The lowest BCUT2D eigenvalue weighted by atomic mass is 9.76. The first-order chi connectivity index (χ1) is 11.4. The van der Waals surface area contributed by atoms with Gasteiger partial charge in [0.1, 0.15) is 0 Å². The molecule has 132 valence electrons. The van der Waals surface area contributed by atoms with Crippen molar-refractivity contribution in [2.24, 2.45) is 5.41 Å². The average molecular weight is 332 g/mol. The quantitative estimate of drug-likeness (QED) is 0.840. The van der Waals surface area contributed by atoms with Gasteiger partial charge in [0.25, 0.3) is 0 Å². The molecule has 0 spiro atoms. The van der Waals surface area contributed by atoms with Gasteiger partial charge in [0.05, 0.1) is 5.41 Å². The third kappa shape index (κ3) is 3.55. The first kappa shape index (κ1) is 18.3. The van der Waals surface area contributed by atoms with Gasteiger partial charge in [-0.15, -0.1) is 0 Å². The summed E-state index contributed by atoms with van der Waals surface area (Å²) in [7, 11) is 0. The van der Waals surface area contributed by atoms with E-state index >= 15 is 0 Å². The Labute approximate surface area is 144 Å². The molecule has 1 aliphatic rings. The second-order valence-corrected chi connectivity index (χ2v) is 7.05. The molecule has 5 heteroatoms. The van der Waals surface area contributed by atoms with Crippen LogP contribution in [0.5, 0.6) is 0 Å². The number of benzene rings is 1. The first-order valence-corrected chi connectivity index (χ1v) is 8.68. The Bertz CT molecular complexity index is 584. The van der Waals surface area contributed by atoms with Crippen LogP contribution in [0.25, 0.3) is 0 Å². The van der Waals surface area contributed by atoms with Gasteiger partial charge in [-0.1, -0.05) is 44.2 Å². The molecule has 0 aliphatic carbocycles. The van der Waals surface area contributed by atoms with E-state index in [0.717, 1.165) is 12.8 Å². The van der Waals surface area contributed by atoms with Gasteiger partial charge in [-0.05, 0) is 31.7 Å². The fourth-order valence-electron chi connectivity index (χ4n) is 3.47. The minimum absolute atomic E-state index is 0.0905. The van der Waals surface area contributed by atoms with E-state index in [1.54, 1.807) is 11.8 Å². The smallest absolute Gasteiger partial charge is 0.317 e. The molecule has 0 aromatic heterocycles. The Balaban J connectivity index is 2.03. The maximum absolute atomic E-state index is 12.5. The summed E-state index contributed by atoms with van der Waals surface area (Å²) in [6.45, 7) is 7.30. The molecule has 1 heterocycles. The summed E-state index contributed by atoms with van der Waals surface area (Å²) in [5.74, 6) is -0.835. The van der Waals surface area contributed by atoms with Crippen LogP contribution in [0.3, 0.4) is 0 Å². The normalized spacial score (nSPS) is 20.9. The Morgan fingerprint density at radius 1 is 1.25 bits per heavy atom. The largest absolute Gasteiger partial charge is 0.481 e. The van der Waals surface area contributed by atoms with Crippen molar-refractivity contribution in [3.63, 3.8) is 0 Å². The molecule has 1 atom stereocenters. The van der Waals surface area contributed by atoms with Crippen LogP contribution in [0, 0.1) is 5.41 Å². The second-order valence-electron chi connectivity index (χ2n) is 7.05. The number of hydrogen-bond acceptors (Lipinski definition) is 2. The zero-order chi connectivity index (χ0) is 17.8. The molecule has 5 nitrogen and oxygen atoms in total. The molecular weight excluding hydrogens is 304 g/mol. The summed E-state index contributed by atoms with van der Waals surface area (Å²) < 4.78 is 0. The van der Waals surface area contributed by atoms with Gasteiger partial charge in [0.2, 0.25) is 0 Å². The lowest BCUT2D eigenvalue weighted by molar-refractivity contribution is -0.147. The number of nitrogens with zero attached hydrogens (tertiary/aromatic N) is 1. The van der Waals surface area contributed by atoms with Gasteiger partial charge in [-0.2, -0.15) is 0 Å². The fraction of sp³-hybridized carbons (Fsp3) is 0.579. The van der Waals surface area contributed by atoms with Crippen molar-refractivity contribution in [1.29, 1.82) is 0 Å². The second kappa shape index (κ2) is 7.24. The first-order valence-electron chi connectivity index (χ1n) is 8.68. The molecule has 1 aliphatic heterocycles. The van der Waals surface area contributed by atoms with Gasteiger partial charge in [-0.3, -0.25) is 4.79 Å². The highest BCUT2D eigenvalue weighted by molar-refractivity contribution is 5.79. The number of urea groups is 1. The number of carboxylic acid groups (broad SMARTS) is 1. The van der Waals surface area contributed by atoms with Crippen molar-refractivity contribution in [1.82, 2.24) is 10.2 Å². The van der Waals surface area contributed by atoms with Crippen molar-refractivity contribution in [2.45, 2.75) is 45.4 Å². The van der Waals surface area contributed by atoms with Crippen LogP contribution in [0.4, 0.5) is 4.79 Å². The summed E-state index contributed by atoms with van der Waals surface area (Å²) in [6.07, 6.45) is 2.36. The highest BCUT2D eigenvalue weighted by Gasteiger charge is 2.42. The minimum atomic E-state index is -0.835. The fourth-order valence-corrected chi connectivity index (χ4v) is 3.47. The molecule has 0 saturated carbocycles. The Kier molecular flexibility index (Phi) is 5.52. The Morgan fingerprint density at radius 2 is 1.88 bits per heavy atom. The number of likely N-dealkylation sites (tertiary alicyclic amines) is 1. The molecule has 1 aromatic rings. The maximum atomic E-state index is 12.5. The van der Waals surface area contributed by atoms with Crippen molar-refractivity contribution >= 4 is 12.0 Å². The number of aliphatic carboxylic acids is 1. The average Bonchev–Trinajstić information content (AvgIpc) is 3.01. The number of rotatable bonds is 6. The van der Waals surface area contributed by atoms with Crippen LogP contribution in [0.2, 0.25) is 0 Å². The lowest BCUT2D eigenvalue weighted by Gasteiger charge is -2.33. The van der Waals surface area contributed by atoms with Crippen molar-refractivity contribution in [3.05, 3.63) is 35.9 Å². The monoisotopic (exact) mass is 332 g/mol. The van der Waals surface area contributed by atoms with E-state index in [9.17, 15) is 14.7 Å². The maximum Gasteiger partial charge on any atom is 0.317 e. The molecule has 2 N–H and O–H groups in total. The number of amides is 2. The lowest BCUT2D eigenvalue weighted by Crippen LogP contribution is -2.46. The Morgan fingerprint density at radius 3 is 2.38 bits per heavy atom. The summed E-state index contributed by atoms with van der Waals surface area (Å²) >= 11 is 0. The summed E-state index contributed by atoms with van der Waals surface area (Å²) in [4.78, 5) is 25.4. The van der Waals surface area contributed by atoms with E-state index in [2.05, 4.69) is 31.3 Å². The Hall–Kier alpha value is -2.04. The SMILES string of the molecule is CCC(CC)(CNC(=O)N1CCC(C)(C(=O)O)C1)c1ccccc1. The van der Waals surface area contributed by atoms with Crippen LogP contribution in [-0.4, -0.2) is 41.6 Å². The summed E-state index contributed by atoms with van der Waals surface area (Å²) in [6, 6.07) is 10.1. The van der Waals surface area contributed by atoms with Crippen molar-refractivity contribution < 1.29 is 14.7 Å². The van der Waals surface area contributed by atoms with E-state index in [-0.39, 0.29) is 18.0 Å². The summed E-state index contributed by atoms with van der Waals surface area (Å²) in [5.41, 5.74) is 0.308. The highest BCUT2D eigenvalue weighted by atomic mass is 16.4. The van der Waals surface area contributed by atoms with Gasteiger partial charge in [-0.25, -0.2) is 4.79 Å². The van der Waals surface area contributed by atoms with E-state index in [1.165, 1.54) is 5.56 Å². The van der Waals surface area contributed by atoms with Gasteiger partial charge < -0.3 is 15.3 Å². The molecule has 1 saturated heterocycles. The van der Waals surface area contributed by atoms with Crippen LogP contribution in [0.1, 0.15) is 45.6 Å². The zero-order valence-corrected chi connectivity index (χ0v) is 14.8. The standard InChI is InChI=1S/C19H28N2O3/c1-4-19(5-2,15-9-7-6-8-10-15)13-20-17(24)21-12-11-18(3,14-21)16(22)23/h6-10H,4-5,11-14H2,1-3H3,(H,20,24)(H,22,23). The number of hydrogen-bond donors (Lipinski definition) is 2. The summed E-state index contributed by atoms with van der Waals surface area (Å²) in [5, 5.41) is 12.3. The molecular formula is C19H28N2O3. The van der Waals surface area contributed by atoms with Crippen LogP contribution in [0.15, 0.2) is 30.3 Å². The zero-order valence-electron chi connectivity index (χ0n) is 14.8. The van der Waals surface area contributed by atoms with Crippen molar-refractivity contribution in [2.75, 3.05) is 19.6 Å². The van der Waals surface area contributed by atoms with E-state index in [0.29, 0.717) is 19.5 Å². The minimum Gasteiger partial charge on any atom is -0.481 e.